The number of aryl methyl sites for hydroxylation is 2. The van der Waals surface area contributed by atoms with Crippen molar-refractivity contribution in [2.24, 2.45) is 0 Å². The van der Waals surface area contributed by atoms with Gasteiger partial charge in [0.1, 0.15) is 0 Å². The van der Waals surface area contributed by atoms with E-state index in [1.807, 2.05) is 0 Å². The van der Waals surface area contributed by atoms with E-state index in [0.29, 0.717) is 11.8 Å². The summed E-state index contributed by atoms with van der Waals surface area (Å²) in [7, 11) is 0.174. The van der Waals surface area contributed by atoms with Crippen LogP contribution in [-0.4, -0.2) is 24.4 Å². The normalized spacial score (nSPS) is 12.1. The van der Waals surface area contributed by atoms with E-state index in [1.54, 1.807) is 0 Å². The molecule has 0 saturated carbocycles. The Bertz CT molecular complexity index is 821. The predicted molar refractivity (Wildman–Crippen MR) is 129 cm³/mol. The molecule has 1 nitrogen and oxygen atoms in total. The van der Waals surface area contributed by atoms with Crippen molar-refractivity contribution in [1.82, 2.24) is 0 Å². The molecule has 1 unspecified atom stereocenters. The Labute approximate surface area is 186 Å². The topological polar surface area (TPSA) is 17.1 Å². The van der Waals surface area contributed by atoms with Crippen LogP contribution in [0.1, 0.15) is 98.5 Å². The summed E-state index contributed by atoms with van der Waals surface area (Å²) in [6.45, 7) is 19.6. The van der Waals surface area contributed by atoms with Crippen molar-refractivity contribution < 1.29 is 4.79 Å². The Hall–Kier alpha value is -0.863. The third kappa shape index (κ3) is 5.83. The minimum atomic E-state index is 0. The van der Waals surface area contributed by atoms with Crippen molar-refractivity contribution in [1.29, 1.82) is 0 Å². The number of hydrogen-bond acceptors (Lipinski definition) is 1. The Morgan fingerprint density at radius 2 is 1.43 bits per heavy atom. The maximum atomic E-state index is 13.3. The van der Waals surface area contributed by atoms with Crippen LogP contribution in [0.2, 0.25) is 0 Å². The molecule has 0 saturated heterocycles. The minimum absolute atomic E-state index is 0. The Morgan fingerprint density at radius 1 is 0.893 bits per heavy atom. The first kappa shape index (κ1) is 25.2. The molecule has 2 aromatic carbocycles. The second kappa shape index (κ2) is 9.76. The van der Waals surface area contributed by atoms with Crippen LogP contribution in [0.5, 0.6) is 0 Å². The van der Waals surface area contributed by atoms with Gasteiger partial charge in [-0.1, -0.05) is 78.8 Å². The standard InChI is InChI=1S/C25H35OP.Li.H/c1-15(2)19-10-11-21(16(3)4)22(14-19)27-24(26)23-17(5)12-20(13-18(23)6)25(7,8)9;;/h10-16,27H,1-9H3;;. The first-order chi connectivity index (χ1) is 12.4. The van der Waals surface area contributed by atoms with Crippen LogP contribution in [0.25, 0.3) is 0 Å². The van der Waals surface area contributed by atoms with Gasteiger partial charge in [0.15, 0.2) is 5.52 Å². The van der Waals surface area contributed by atoms with E-state index in [0.717, 1.165) is 16.7 Å². The Morgan fingerprint density at radius 3 is 1.86 bits per heavy atom. The molecule has 148 valence electrons. The van der Waals surface area contributed by atoms with Crippen molar-refractivity contribution in [3.05, 3.63) is 63.7 Å². The molecule has 2 rings (SSSR count). The van der Waals surface area contributed by atoms with E-state index in [-0.39, 0.29) is 38.4 Å². The van der Waals surface area contributed by atoms with Crippen LogP contribution in [0.3, 0.4) is 0 Å². The molecule has 0 spiro atoms. The Kier molecular flexibility index (Phi) is 8.77. The molecule has 0 aromatic heterocycles. The van der Waals surface area contributed by atoms with Gasteiger partial charge in [-0.25, -0.2) is 0 Å². The van der Waals surface area contributed by atoms with Crippen molar-refractivity contribution in [2.75, 3.05) is 0 Å². The van der Waals surface area contributed by atoms with Gasteiger partial charge < -0.3 is 0 Å². The van der Waals surface area contributed by atoms with Crippen LogP contribution in [0.4, 0.5) is 0 Å². The molecule has 1 atom stereocenters. The molecular formula is C25H36LiOP. The second-order valence-electron chi connectivity index (χ2n) is 9.35. The van der Waals surface area contributed by atoms with Crippen molar-refractivity contribution >= 4 is 38.3 Å². The predicted octanol–water partition coefficient (Wildman–Crippen LogP) is 6.34. The summed E-state index contributed by atoms with van der Waals surface area (Å²) >= 11 is 0. The van der Waals surface area contributed by atoms with Crippen molar-refractivity contribution in [3.63, 3.8) is 0 Å². The van der Waals surface area contributed by atoms with Gasteiger partial charge in [0.25, 0.3) is 0 Å². The van der Waals surface area contributed by atoms with Crippen molar-refractivity contribution in [3.8, 4) is 0 Å². The fourth-order valence-corrected chi connectivity index (χ4v) is 5.00. The zero-order valence-corrected chi connectivity index (χ0v) is 19.4. The van der Waals surface area contributed by atoms with E-state index in [1.165, 1.54) is 22.0 Å². The fourth-order valence-electron chi connectivity index (χ4n) is 3.48. The number of hydrogen-bond donors (Lipinski definition) is 0. The number of carbonyl (C=O) groups is 1. The molecule has 0 heterocycles. The van der Waals surface area contributed by atoms with Crippen LogP contribution in [0, 0.1) is 13.8 Å². The van der Waals surface area contributed by atoms with Crippen LogP contribution >= 0.6 is 8.58 Å². The van der Waals surface area contributed by atoms with Gasteiger partial charge in [0.05, 0.1) is 0 Å². The molecule has 0 aliphatic carbocycles. The monoisotopic (exact) mass is 390 g/mol. The third-order valence-corrected chi connectivity index (χ3v) is 6.42. The molecule has 0 fully saturated rings. The zero-order valence-electron chi connectivity index (χ0n) is 18.4. The summed E-state index contributed by atoms with van der Waals surface area (Å²) in [6.07, 6.45) is 0. The van der Waals surface area contributed by atoms with E-state index in [2.05, 4.69) is 92.6 Å². The first-order valence-electron chi connectivity index (χ1n) is 9.98. The molecule has 3 heteroatoms. The molecule has 0 bridgehead atoms. The molecule has 2 aromatic rings. The quantitative estimate of drug-likeness (QED) is 0.430. The van der Waals surface area contributed by atoms with Crippen LogP contribution in [0.15, 0.2) is 30.3 Å². The zero-order chi connectivity index (χ0) is 20.5. The van der Waals surface area contributed by atoms with Gasteiger partial charge in [0, 0.05) is 5.56 Å². The number of rotatable bonds is 5. The SMILES string of the molecule is Cc1cc(C(C)(C)C)cc(C)c1C(=O)Pc1cc(C(C)C)ccc1C(C)C.[LiH]. The van der Waals surface area contributed by atoms with Gasteiger partial charge in [-0.3, -0.25) is 4.79 Å². The fraction of sp³-hybridized carbons (Fsp3) is 0.480. The molecule has 0 N–H and O–H groups in total. The second-order valence-corrected chi connectivity index (χ2v) is 10.6. The molecule has 0 aliphatic rings. The van der Waals surface area contributed by atoms with E-state index >= 15 is 0 Å². The van der Waals surface area contributed by atoms with Gasteiger partial charge in [-0.15, -0.1) is 0 Å². The number of carbonyl (C=O) groups excluding carboxylic acids is 1. The summed E-state index contributed by atoms with van der Waals surface area (Å²) < 4.78 is 0. The van der Waals surface area contributed by atoms with Crippen LogP contribution < -0.4 is 5.30 Å². The number of benzene rings is 2. The molecule has 0 radical (unpaired) electrons. The average Bonchev–Trinajstić information content (AvgIpc) is 2.52. The summed E-state index contributed by atoms with van der Waals surface area (Å²) in [5, 5.41) is 1.21. The van der Waals surface area contributed by atoms with Crippen molar-refractivity contribution in [2.45, 2.75) is 79.6 Å². The van der Waals surface area contributed by atoms with Gasteiger partial charge in [0.2, 0.25) is 0 Å². The summed E-state index contributed by atoms with van der Waals surface area (Å²) in [6, 6.07) is 11.1. The molecule has 0 amide bonds. The molecular weight excluding hydrogens is 354 g/mol. The summed E-state index contributed by atoms with van der Waals surface area (Å²) in [4.78, 5) is 13.3. The third-order valence-electron chi connectivity index (χ3n) is 5.24. The van der Waals surface area contributed by atoms with Gasteiger partial charge >= 0.3 is 18.9 Å². The van der Waals surface area contributed by atoms with E-state index < -0.39 is 0 Å². The molecule has 0 aliphatic heterocycles. The summed E-state index contributed by atoms with van der Waals surface area (Å²) in [5.41, 5.74) is 7.36. The Balaban J connectivity index is 0.00000392. The molecule has 28 heavy (non-hydrogen) atoms. The van der Waals surface area contributed by atoms with Gasteiger partial charge in [-0.05, 0) is 72.8 Å². The van der Waals surface area contributed by atoms with Crippen LogP contribution in [-0.2, 0) is 5.41 Å². The first-order valence-corrected chi connectivity index (χ1v) is 11.0. The van der Waals surface area contributed by atoms with E-state index in [4.69, 9.17) is 0 Å². The van der Waals surface area contributed by atoms with E-state index in [9.17, 15) is 4.79 Å². The van der Waals surface area contributed by atoms with Gasteiger partial charge in [-0.2, -0.15) is 0 Å². The maximum absolute atomic E-state index is 13.3. The average molecular weight is 390 g/mol. The summed E-state index contributed by atoms with van der Waals surface area (Å²) in [5.74, 6) is 0.895.